The molecule has 1 aliphatic heterocycles. The first-order valence-electron chi connectivity index (χ1n) is 8.96. The minimum atomic E-state index is -1.05. The van der Waals surface area contributed by atoms with Crippen molar-refractivity contribution in [3.8, 4) is 17.2 Å². The van der Waals surface area contributed by atoms with Crippen LogP contribution in [-0.4, -0.2) is 35.8 Å². The van der Waals surface area contributed by atoms with E-state index in [2.05, 4.69) is 5.32 Å². The van der Waals surface area contributed by atoms with Crippen molar-refractivity contribution in [2.45, 2.75) is 32.4 Å². The van der Waals surface area contributed by atoms with Gasteiger partial charge >= 0.3 is 5.97 Å². The molecule has 0 spiro atoms. The Kier molecular flexibility index (Phi) is 5.73. The maximum atomic E-state index is 12.1. The van der Waals surface area contributed by atoms with Crippen molar-refractivity contribution in [3.63, 3.8) is 0 Å². The summed E-state index contributed by atoms with van der Waals surface area (Å²) in [5.74, 6) is 0.373. The van der Waals surface area contributed by atoms with Crippen molar-refractivity contribution in [2.75, 3.05) is 13.2 Å². The van der Waals surface area contributed by atoms with Crippen LogP contribution in [0.25, 0.3) is 0 Å². The van der Waals surface area contributed by atoms with E-state index in [9.17, 15) is 9.59 Å². The number of carbonyl (C=O) groups excluding carboxylic acids is 1. The molecule has 0 saturated heterocycles. The van der Waals surface area contributed by atoms with Crippen molar-refractivity contribution in [2.24, 2.45) is 0 Å². The Morgan fingerprint density at radius 3 is 2.71 bits per heavy atom. The van der Waals surface area contributed by atoms with Crippen molar-refractivity contribution in [1.82, 2.24) is 5.32 Å². The lowest BCUT2D eigenvalue weighted by atomic mass is 10.0. The second-order valence-corrected chi connectivity index (χ2v) is 7.18. The monoisotopic (exact) mass is 385 g/mol. The second kappa shape index (κ2) is 8.21. The molecule has 0 aromatic heterocycles. The third kappa shape index (κ3) is 5.16. The lowest BCUT2D eigenvalue weighted by Crippen LogP contribution is -2.28. The summed E-state index contributed by atoms with van der Waals surface area (Å²) in [5, 5.41) is 11.4. The number of carboxylic acids is 1. The fraction of sp³-hybridized carbons (Fsp3) is 0.333. The molecule has 0 unspecified atom stereocenters. The van der Waals surface area contributed by atoms with Gasteiger partial charge in [0.05, 0.1) is 0 Å². The Labute approximate surface area is 163 Å². The number of hydrogen-bond donors (Lipinski definition) is 2. The van der Waals surface area contributed by atoms with Gasteiger partial charge in [-0.1, -0.05) is 24.3 Å². The second-order valence-electron chi connectivity index (χ2n) is 7.18. The van der Waals surface area contributed by atoms with E-state index in [4.69, 9.17) is 19.3 Å². The first-order valence-corrected chi connectivity index (χ1v) is 8.96. The Morgan fingerprint density at radius 1 is 1.14 bits per heavy atom. The number of rotatable bonds is 8. The highest BCUT2D eigenvalue weighted by molar-refractivity contribution is 5.77. The van der Waals surface area contributed by atoms with Crippen LogP contribution >= 0.6 is 0 Å². The molecule has 148 valence electrons. The van der Waals surface area contributed by atoms with Gasteiger partial charge in [0, 0.05) is 18.5 Å². The molecule has 0 fully saturated rings. The standard InChI is InChI=1S/C21H23NO6/c1-21(2)10-15-6-4-8-17(20(15)28-21)27-12-18(23)22-11-14-5-3-7-16(9-14)26-13-19(24)25/h3-9H,10-13H2,1-2H3,(H,22,23)(H,24,25). The molecule has 1 amide bonds. The van der Waals surface area contributed by atoms with E-state index in [0.29, 0.717) is 17.2 Å². The lowest BCUT2D eigenvalue weighted by Gasteiger charge is -2.18. The molecule has 0 saturated carbocycles. The van der Waals surface area contributed by atoms with Crippen LogP contribution in [0, 0.1) is 0 Å². The van der Waals surface area contributed by atoms with Crippen LogP contribution in [0.2, 0.25) is 0 Å². The van der Waals surface area contributed by atoms with Gasteiger partial charge < -0.3 is 24.6 Å². The lowest BCUT2D eigenvalue weighted by molar-refractivity contribution is -0.139. The summed E-state index contributed by atoms with van der Waals surface area (Å²) in [5.41, 5.74) is 1.58. The minimum Gasteiger partial charge on any atom is -0.483 e. The molecule has 0 radical (unpaired) electrons. The molecular formula is C21H23NO6. The molecule has 0 aliphatic carbocycles. The summed E-state index contributed by atoms with van der Waals surface area (Å²) in [7, 11) is 0. The van der Waals surface area contributed by atoms with Crippen molar-refractivity contribution < 1.29 is 28.9 Å². The smallest absolute Gasteiger partial charge is 0.341 e. The van der Waals surface area contributed by atoms with E-state index in [1.54, 1.807) is 24.3 Å². The highest BCUT2D eigenvalue weighted by Gasteiger charge is 2.32. The fourth-order valence-corrected chi connectivity index (χ4v) is 2.99. The quantitative estimate of drug-likeness (QED) is 0.725. The average molecular weight is 385 g/mol. The van der Waals surface area contributed by atoms with Crippen molar-refractivity contribution in [3.05, 3.63) is 53.6 Å². The van der Waals surface area contributed by atoms with Crippen LogP contribution in [0.3, 0.4) is 0 Å². The van der Waals surface area contributed by atoms with Gasteiger partial charge in [-0.05, 0) is 37.6 Å². The largest absolute Gasteiger partial charge is 0.483 e. The summed E-state index contributed by atoms with van der Waals surface area (Å²) in [6.45, 7) is 3.76. The number of carboxylic acid groups (broad SMARTS) is 1. The maximum absolute atomic E-state index is 12.1. The van der Waals surface area contributed by atoms with Crippen LogP contribution in [0.1, 0.15) is 25.0 Å². The molecule has 7 nitrogen and oxygen atoms in total. The predicted molar refractivity (Wildman–Crippen MR) is 102 cm³/mol. The Bertz CT molecular complexity index is 877. The number of aliphatic carboxylic acids is 1. The molecule has 0 bridgehead atoms. The highest BCUT2D eigenvalue weighted by atomic mass is 16.5. The summed E-state index contributed by atoms with van der Waals surface area (Å²) in [4.78, 5) is 22.7. The van der Waals surface area contributed by atoms with Crippen molar-refractivity contribution in [1.29, 1.82) is 0 Å². The molecule has 3 rings (SSSR count). The number of nitrogens with one attached hydrogen (secondary N) is 1. The average Bonchev–Trinajstić information content (AvgIpc) is 2.97. The summed E-state index contributed by atoms with van der Waals surface area (Å²) >= 11 is 0. The van der Waals surface area contributed by atoms with Gasteiger partial charge in [0.25, 0.3) is 5.91 Å². The molecule has 1 heterocycles. The fourth-order valence-electron chi connectivity index (χ4n) is 2.99. The number of para-hydroxylation sites is 1. The first-order chi connectivity index (χ1) is 13.3. The number of hydrogen-bond acceptors (Lipinski definition) is 5. The first kappa shape index (κ1) is 19.5. The number of ether oxygens (including phenoxy) is 3. The zero-order valence-electron chi connectivity index (χ0n) is 15.9. The van der Waals surface area contributed by atoms with E-state index < -0.39 is 12.6 Å². The third-order valence-corrected chi connectivity index (χ3v) is 4.16. The highest BCUT2D eigenvalue weighted by Crippen LogP contribution is 2.41. The summed E-state index contributed by atoms with van der Waals surface area (Å²) in [6, 6.07) is 12.6. The van der Waals surface area contributed by atoms with E-state index in [1.165, 1.54) is 0 Å². The predicted octanol–water partition coefficient (Wildman–Crippen LogP) is 2.56. The molecule has 1 aliphatic rings. The van der Waals surface area contributed by atoms with Crippen LogP contribution in [0.15, 0.2) is 42.5 Å². The van der Waals surface area contributed by atoms with Crippen LogP contribution in [0.4, 0.5) is 0 Å². The van der Waals surface area contributed by atoms with Gasteiger partial charge in [0.2, 0.25) is 0 Å². The summed E-state index contributed by atoms with van der Waals surface area (Å²) in [6.07, 6.45) is 0.798. The van der Waals surface area contributed by atoms with E-state index >= 15 is 0 Å². The van der Waals surface area contributed by atoms with Gasteiger partial charge in [0.1, 0.15) is 11.4 Å². The van der Waals surface area contributed by atoms with E-state index in [1.807, 2.05) is 32.0 Å². The number of fused-ring (bicyclic) bond motifs is 1. The molecule has 0 atom stereocenters. The molecule has 2 N–H and O–H groups in total. The van der Waals surface area contributed by atoms with Gasteiger partial charge in [0.15, 0.2) is 24.7 Å². The van der Waals surface area contributed by atoms with Gasteiger partial charge in [-0.25, -0.2) is 4.79 Å². The normalized spacial score (nSPS) is 13.9. The molecule has 2 aromatic rings. The van der Waals surface area contributed by atoms with E-state index in [-0.39, 0.29) is 24.7 Å². The number of amides is 1. The Balaban J connectivity index is 1.51. The zero-order valence-corrected chi connectivity index (χ0v) is 15.9. The molecule has 28 heavy (non-hydrogen) atoms. The number of benzene rings is 2. The molecule has 2 aromatic carbocycles. The SMILES string of the molecule is CC1(C)Cc2cccc(OCC(=O)NCc3cccc(OCC(=O)O)c3)c2O1. The van der Waals surface area contributed by atoms with Crippen LogP contribution < -0.4 is 19.5 Å². The topological polar surface area (TPSA) is 94.1 Å². The maximum Gasteiger partial charge on any atom is 0.341 e. The van der Waals surface area contributed by atoms with E-state index in [0.717, 1.165) is 17.5 Å². The van der Waals surface area contributed by atoms with Gasteiger partial charge in [-0.3, -0.25) is 4.79 Å². The summed E-state index contributed by atoms with van der Waals surface area (Å²) < 4.78 is 16.7. The van der Waals surface area contributed by atoms with Gasteiger partial charge in [-0.2, -0.15) is 0 Å². The third-order valence-electron chi connectivity index (χ3n) is 4.16. The van der Waals surface area contributed by atoms with Crippen molar-refractivity contribution >= 4 is 11.9 Å². The molecule has 7 heteroatoms. The van der Waals surface area contributed by atoms with Crippen LogP contribution in [0.5, 0.6) is 17.2 Å². The zero-order chi connectivity index (χ0) is 20.1. The van der Waals surface area contributed by atoms with Crippen LogP contribution in [-0.2, 0) is 22.6 Å². The Hall–Kier alpha value is -3.22. The Morgan fingerprint density at radius 2 is 1.93 bits per heavy atom. The number of carbonyl (C=O) groups is 2. The minimum absolute atomic E-state index is 0.130. The molecular weight excluding hydrogens is 362 g/mol. The van der Waals surface area contributed by atoms with Gasteiger partial charge in [-0.15, -0.1) is 0 Å².